The summed E-state index contributed by atoms with van der Waals surface area (Å²) in [5.74, 6) is -3.61. The third-order valence-electron chi connectivity index (χ3n) is 4.02. The number of unbranched alkanes of at least 4 members (excludes halogenated alkanes) is 1. The number of carbonyl (C=O) groups is 4. The van der Waals surface area contributed by atoms with Gasteiger partial charge < -0.3 is 37.6 Å². The van der Waals surface area contributed by atoms with Gasteiger partial charge in [-0.15, -0.1) is 0 Å². The summed E-state index contributed by atoms with van der Waals surface area (Å²) in [6.45, 7) is 1.72. The molecule has 0 spiro atoms. The lowest BCUT2D eigenvalue weighted by molar-refractivity contribution is -0.141. The zero-order valence-corrected chi connectivity index (χ0v) is 18.0. The van der Waals surface area contributed by atoms with Gasteiger partial charge in [-0.05, 0) is 32.7 Å². The molecule has 0 aromatic heterocycles. The van der Waals surface area contributed by atoms with Crippen molar-refractivity contribution in [2.24, 2.45) is 11.5 Å². The molecule has 3 amide bonds. The second-order valence-electron chi connectivity index (χ2n) is 6.44. The van der Waals surface area contributed by atoms with Gasteiger partial charge in [0.15, 0.2) is 0 Å². The van der Waals surface area contributed by atoms with E-state index in [0.29, 0.717) is 19.4 Å². The monoisotopic (exact) mass is 453 g/mol. The average molecular weight is 454 g/mol. The van der Waals surface area contributed by atoms with Crippen LogP contribution in [-0.2, 0) is 19.2 Å². The van der Waals surface area contributed by atoms with Crippen LogP contribution in [0.4, 0.5) is 0 Å². The molecule has 0 bridgehead atoms. The second-order valence-corrected chi connectivity index (χ2v) is 7.17. The minimum absolute atomic E-state index is 0.0877. The minimum atomic E-state index is -1.26. The van der Waals surface area contributed by atoms with E-state index < -0.39 is 54.0 Å². The molecule has 0 aliphatic carbocycles. The highest BCUT2D eigenvalue weighted by Gasteiger charge is 2.29. The Bertz CT molecular complexity index is 566. The van der Waals surface area contributed by atoms with Gasteiger partial charge in [-0.25, -0.2) is 4.79 Å². The van der Waals surface area contributed by atoms with E-state index in [1.165, 1.54) is 6.92 Å². The van der Waals surface area contributed by atoms with Crippen molar-refractivity contribution in [2.45, 2.75) is 56.5 Å². The summed E-state index contributed by atoms with van der Waals surface area (Å²) in [7, 11) is 0. The predicted molar refractivity (Wildman–Crippen MR) is 114 cm³/mol. The van der Waals surface area contributed by atoms with Gasteiger partial charge in [-0.1, -0.05) is 0 Å². The van der Waals surface area contributed by atoms with Crippen molar-refractivity contribution in [3.63, 3.8) is 0 Å². The Morgan fingerprint density at radius 3 is 1.83 bits per heavy atom. The van der Waals surface area contributed by atoms with Crippen molar-refractivity contribution in [1.82, 2.24) is 16.0 Å². The summed E-state index contributed by atoms with van der Waals surface area (Å²) in [4.78, 5) is 48.1. The van der Waals surface area contributed by atoms with E-state index >= 15 is 0 Å². The summed E-state index contributed by atoms with van der Waals surface area (Å²) < 4.78 is 0. The summed E-state index contributed by atoms with van der Waals surface area (Å²) >= 11 is 7.91. The molecular formula is C16H31N5O6S2. The van der Waals surface area contributed by atoms with E-state index in [0.717, 1.165) is 0 Å². The van der Waals surface area contributed by atoms with Crippen LogP contribution in [-0.4, -0.2) is 82.2 Å². The number of aliphatic hydroxyl groups is 1. The number of hydrogen-bond acceptors (Lipinski definition) is 9. The predicted octanol–water partition coefficient (Wildman–Crippen LogP) is -2.78. The van der Waals surface area contributed by atoms with Gasteiger partial charge in [0.2, 0.25) is 17.7 Å². The Hall–Kier alpha value is -1.54. The van der Waals surface area contributed by atoms with Gasteiger partial charge in [0.05, 0.1) is 6.10 Å². The summed E-state index contributed by atoms with van der Waals surface area (Å²) in [5, 5.41) is 25.6. The molecule has 0 aromatic carbocycles. The van der Waals surface area contributed by atoms with E-state index in [4.69, 9.17) is 16.6 Å². The van der Waals surface area contributed by atoms with Crippen LogP contribution in [0.5, 0.6) is 0 Å². The normalized spacial score (nSPS) is 16.1. The first-order chi connectivity index (χ1) is 13.6. The Balaban J connectivity index is 5.17. The number of carboxylic acids is 1. The summed E-state index contributed by atoms with van der Waals surface area (Å²) in [6.07, 6.45) is 0.208. The lowest BCUT2D eigenvalue weighted by Gasteiger charge is -2.24. The smallest absolute Gasteiger partial charge is 0.327 e. The van der Waals surface area contributed by atoms with Crippen LogP contribution in [0.15, 0.2) is 0 Å². The topological polar surface area (TPSA) is 197 Å². The molecule has 13 heteroatoms. The SMILES string of the molecule is CC(O)C(N)C(=O)NC(CS)C(=O)NC(CCCCN)C(=O)NC(CS)C(=O)O. The summed E-state index contributed by atoms with van der Waals surface area (Å²) in [5.41, 5.74) is 11.0. The molecule has 0 aliphatic rings. The maximum atomic E-state index is 12.5. The van der Waals surface area contributed by atoms with Crippen LogP contribution < -0.4 is 27.4 Å². The van der Waals surface area contributed by atoms with Crippen LogP contribution in [0.25, 0.3) is 0 Å². The third-order valence-corrected chi connectivity index (χ3v) is 4.75. The van der Waals surface area contributed by atoms with E-state index in [2.05, 4.69) is 41.2 Å². The minimum Gasteiger partial charge on any atom is -0.480 e. The van der Waals surface area contributed by atoms with Crippen LogP contribution in [0, 0.1) is 0 Å². The molecule has 0 heterocycles. The number of thiol groups is 2. The van der Waals surface area contributed by atoms with E-state index in [1.54, 1.807) is 0 Å². The second kappa shape index (κ2) is 14.4. The number of aliphatic carboxylic acids is 1. The van der Waals surface area contributed by atoms with Crippen molar-refractivity contribution in [3.8, 4) is 0 Å². The van der Waals surface area contributed by atoms with Gasteiger partial charge in [-0.2, -0.15) is 25.3 Å². The number of rotatable bonds is 14. The molecule has 11 nitrogen and oxygen atoms in total. The molecule has 0 rings (SSSR count). The van der Waals surface area contributed by atoms with E-state index in [9.17, 15) is 24.3 Å². The van der Waals surface area contributed by atoms with Crippen LogP contribution in [0.2, 0.25) is 0 Å². The molecule has 0 aromatic rings. The number of amides is 3. The molecule has 168 valence electrons. The maximum absolute atomic E-state index is 12.5. The molecule has 0 saturated heterocycles. The number of hydrogen-bond donors (Lipinski definition) is 9. The van der Waals surface area contributed by atoms with Gasteiger partial charge in [0.1, 0.15) is 24.2 Å². The first-order valence-corrected chi connectivity index (χ1v) is 10.3. The van der Waals surface area contributed by atoms with E-state index in [-0.39, 0.29) is 17.9 Å². The van der Waals surface area contributed by atoms with Gasteiger partial charge in [0, 0.05) is 11.5 Å². The van der Waals surface area contributed by atoms with E-state index in [1.807, 2.05) is 0 Å². The highest BCUT2D eigenvalue weighted by molar-refractivity contribution is 7.80. The Kier molecular flexibility index (Phi) is 13.7. The number of nitrogens with two attached hydrogens (primary N) is 2. The van der Waals surface area contributed by atoms with Crippen molar-refractivity contribution >= 4 is 48.9 Å². The third kappa shape index (κ3) is 10.2. The molecule has 0 fully saturated rings. The zero-order chi connectivity index (χ0) is 22.6. The van der Waals surface area contributed by atoms with Crippen LogP contribution >= 0.6 is 25.3 Å². The zero-order valence-electron chi connectivity index (χ0n) is 16.2. The van der Waals surface area contributed by atoms with Crippen molar-refractivity contribution in [2.75, 3.05) is 18.1 Å². The van der Waals surface area contributed by atoms with Crippen LogP contribution in [0.3, 0.4) is 0 Å². The number of carbonyl (C=O) groups excluding carboxylic acids is 3. The highest BCUT2D eigenvalue weighted by Crippen LogP contribution is 2.04. The average Bonchev–Trinajstić information content (AvgIpc) is 2.67. The highest BCUT2D eigenvalue weighted by atomic mass is 32.1. The van der Waals surface area contributed by atoms with Gasteiger partial charge in [0.25, 0.3) is 0 Å². The van der Waals surface area contributed by atoms with Crippen molar-refractivity contribution < 1.29 is 29.4 Å². The molecule has 9 N–H and O–H groups in total. The maximum Gasteiger partial charge on any atom is 0.327 e. The number of nitrogens with one attached hydrogen (secondary N) is 3. The Labute approximate surface area is 180 Å². The summed E-state index contributed by atoms with van der Waals surface area (Å²) in [6, 6.07) is -4.61. The quantitative estimate of drug-likeness (QED) is 0.0994. The fourth-order valence-electron chi connectivity index (χ4n) is 2.17. The van der Waals surface area contributed by atoms with Crippen LogP contribution in [0.1, 0.15) is 26.2 Å². The molecule has 0 radical (unpaired) electrons. The lowest BCUT2D eigenvalue weighted by atomic mass is 10.1. The Morgan fingerprint density at radius 2 is 1.38 bits per heavy atom. The van der Waals surface area contributed by atoms with Crippen molar-refractivity contribution in [1.29, 1.82) is 0 Å². The molecule has 0 aliphatic heterocycles. The van der Waals surface area contributed by atoms with Gasteiger partial charge in [-0.3, -0.25) is 14.4 Å². The molecule has 29 heavy (non-hydrogen) atoms. The fraction of sp³-hybridized carbons (Fsp3) is 0.750. The number of carboxylic acid groups (broad SMARTS) is 1. The molecule has 0 saturated carbocycles. The van der Waals surface area contributed by atoms with Crippen molar-refractivity contribution in [3.05, 3.63) is 0 Å². The molecule has 5 unspecified atom stereocenters. The first-order valence-electron chi connectivity index (χ1n) is 9.08. The molecular weight excluding hydrogens is 422 g/mol. The lowest BCUT2D eigenvalue weighted by Crippen LogP contribution is -2.58. The molecule has 5 atom stereocenters. The standard InChI is InChI=1S/C16H31N5O6S2/c1-8(22)12(18)15(25)20-10(6-28)14(24)19-9(4-2-3-5-17)13(23)21-11(7-29)16(26)27/h8-12,22,28-29H,2-7,17-18H2,1H3,(H,19,24)(H,20,25)(H,21,23)(H,26,27). The fourth-order valence-corrected chi connectivity index (χ4v) is 2.68. The Morgan fingerprint density at radius 1 is 0.897 bits per heavy atom. The number of aliphatic hydroxyl groups excluding tert-OH is 1. The first kappa shape index (κ1) is 27.5. The van der Waals surface area contributed by atoms with Gasteiger partial charge >= 0.3 is 5.97 Å². The largest absolute Gasteiger partial charge is 0.480 e.